The Balaban J connectivity index is 2.09. The fraction of sp³-hybridized carbons (Fsp3) is 0.250. The number of pyridine rings is 1. The monoisotopic (exact) mass is 405 g/mol. The van der Waals surface area contributed by atoms with E-state index in [2.05, 4.69) is 25.6 Å². The van der Waals surface area contributed by atoms with Crippen LogP contribution in [0.3, 0.4) is 0 Å². The van der Waals surface area contributed by atoms with E-state index in [0.29, 0.717) is 11.4 Å². The molecule has 0 saturated carbocycles. The normalized spacial score (nSPS) is 12.0. The van der Waals surface area contributed by atoms with Gasteiger partial charge in [-0.3, -0.25) is 4.98 Å². The molecule has 0 aliphatic heterocycles. The zero-order valence-electron chi connectivity index (χ0n) is 16.0. The predicted octanol–water partition coefficient (Wildman–Crippen LogP) is 5.65. The van der Waals surface area contributed by atoms with E-state index >= 15 is 0 Å². The first kappa shape index (κ1) is 20.5. The summed E-state index contributed by atoms with van der Waals surface area (Å²) in [6, 6.07) is 9.38. The second kappa shape index (κ2) is 7.65. The number of aromatic nitrogens is 3. The van der Waals surface area contributed by atoms with Crippen molar-refractivity contribution >= 4 is 17.5 Å². The van der Waals surface area contributed by atoms with E-state index in [1.165, 1.54) is 6.07 Å². The van der Waals surface area contributed by atoms with Gasteiger partial charge in [0.25, 0.3) is 0 Å². The third-order valence-electron chi connectivity index (χ3n) is 3.71. The Morgan fingerprint density at radius 1 is 0.897 bits per heavy atom. The highest BCUT2D eigenvalue weighted by molar-refractivity contribution is 5.67. The molecule has 0 saturated heterocycles. The third kappa shape index (κ3) is 5.18. The van der Waals surface area contributed by atoms with Crippen LogP contribution in [-0.2, 0) is 6.18 Å². The van der Waals surface area contributed by atoms with Crippen molar-refractivity contribution < 1.29 is 17.6 Å². The SMILES string of the molecule is CC(C)(C)Nc1nc(Nc2c(F)cccc2C(F)(F)F)cc(-c2ccccn2)n1. The quantitative estimate of drug-likeness (QED) is 0.549. The summed E-state index contributed by atoms with van der Waals surface area (Å²) < 4.78 is 54.2. The van der Waals surface area contributed by atoms with Gasteiger partial charge in [0.1, 0.15) is 11.6 Å². The molecular formula is C20H19F4N5. The van der Waals surface area contributed by atoms with Crippen molar-refractivity contribution in [3.8, 4) is 11.4 Å². The largest absolute Gasteiger partial charge is 0.418 e. The zero-order valence-corrected chi connectivity index (χ0v) is 16.0. The number of alkyl halides is 3. The molecule has 3 rings (SSSR count). The molecule has 29 heavy (non-hydrogen) atoms. The second-order valence-corrected chi connectivity index (χ2v) is 7.34. The summed E-state index contributed by atoms with van der Waals surface area (Å²) >= 11 is 0. The van der Waals surface area contributed by atoms with Crippen molar-refractivity contribution in [2.45, 2.75) is 32.5 Å². The maximum atomic E-state index is 14.2. The molecule has 0 aliphatic carbocycles. The van der Waals surface area contributed by atoms with Gasteiger partial charge in [-0.25, -0.2) is 9.37 Å². The standard InChI is InChI=1S/C20H19F4N5/c1-19(2,3)29-18-26-15(14-9-4-5-10-25-14)11-16(28-18)27-17-12(20(22,23)24)7-6-8-13(17)21/h4-11H,1-3H3,(H2,26,27,28,29). The van der Waals surface area contributed by atoms with Gasteiger partial charge in [0.2, 0.25) is 5.95 Å². The van der Waals surface area contributed by atoms with Crippen LogP contribution in [0.2, 0.25) is 0 Å². The maximum Gasteiger partial charge on any atom is 0.418 e. The number of nitrogens with one attached hydrogen (secondary N) is 2. The second-order valence-electron chi connectivity index (χ2n) is 7.34. The zero-order chi connectivity index (χ0) is 21.2. The van der Waals surface area contributed by atoms with Crippen LogP contribution in [0.4, 0.5) is 35.0 Å². The highest BCUT2D eigenvalue weighted by atomic mass is 19.4. The van der Waals surface area contributed by atoms with Gasteiger partial charge >= 0.3 is 6.18 Å². The summed E-state index contributed by atoms with van der Waals surface area (Å²) in [5.74, 6) is -0.862. The molecule has 0 spiro atoms. The molecule has 0 amide bonds. The topological polar surface area (TPSA) is 62.7 Å². The van der Waals surface area contributed by atoms with Gasteiger partial charge in [-0.15, -0.1) is 0 Å². The Labute approximate surface area is 165 Å². The molecule has 0 fully saturated rings. The van der Waals surface area contributed by atoms with E-state index < -0.39 is 28.8 Å². The van der Waals surface area contributed by atoms with Crippen molar-refractivity contribution in [3.05, 3.63) is 60.0 Å². The van der Waals surface area contributed by atoms with Crippen molar-refractivity contribution in [1.82, 2.24) is 15.0 Å². The lowest BCUT2D eigenvalue weighted by molar-refractivity contribution is -0.137. The van der Waals surface area contributed by atoms with E-state index in [4.69, 9.17) is 0 Å². The van der Waals surface area contributed by atoms with Crippen LogP contribution < -0.4 is 10.6 Å². The van der Waals surface area contributed by atoms with Crippen molar-refractivity contribution in [3.63, 3.8) is 0 Å². The molecule has 9 heteroatoms. The van der Waals surface area contributed by atoms with E-state index in [1.807, 2.05) is 20.8 Å². The summed E-state index contributed by atoms with van der Waals surface area (Å²) in [6.07, 6.45) is -3.16. The van der Waals surface area contributed by atoms with Crippen molar-refractivity contribution in [2.24, 2.45) is 0 Å². The lowest BCUT2D eigenvalue weighted by atomic mass is 10.1. The van der Waals surface area contributed by atoms with Gasteiger partial charge in [-0.05, 0) is 45.0 Å². The maximum absolute atomic E-state index is 14.2. The minimum absolute atomic E-state index is 0.00278. The Bertz CT molecular complexity index is 998. The van der Waals surface area contributed by atoms with Gasteiger partial charge in [-0.2, -0.15) is 18.2 Å². The molecule has 2 heterocycles. The molecule has 1 aromatic carbocycles. The number of rotatable bonds is 4. The highest BCUT2D eigenvalue weighted by Crippen LogP contribution is 2.37. The fourth-order valence-corrected chi connectivity index (χ4v) is 2.56. The number of benzene rings is 1. The van der Waals surface area contributed by atoms with Gasteiger partial charge in [-0.1, -0.05) is 12.1 Å². The highest BCUT2D eigenvalue weighted by Gasteiger charge is 2.35. The molecular weight excluding hydrogens is 386 g/mol. The molecule has 3 aromatic rings. The Hall–Kier alpha value is -3.23. The first-order valence-corrected chi connectivity index (χ1v) is 8.74. The average Bonchev–Trinajstić information content (AvgIpc) is 2.61. The fourth-order valence-electron chi connectivity index (χ4n) is 2.56. The summed E-state index contributed by atoms with van der Waals surface area (Å²) in [5.41, 5.74) is -1.36. The molecule has 0 radical (unpaired) electrons. The van der Waals surface area contributed by atoms with Crippen molar-refractivity contribution in [2.75, 3.05) is 10.6 Å². The third-order valence-corrected chi connectivity index (χ3v) is 3.71. The number of hydrogen-bond acceptors (Lipinski definition) is 5. The number of nitrogens with zero attached hydrogens (tertiary/aromatic N) is 3. The average molecular weight is 405 g/mol. The number of hydrogen-bond donors (Lipinski definition) is 2. The Morgan fingerprint density at radius 2 is 1.66 bits per heavy atom. The van der Waals surface area contributed by atoms with Crippen LogP contribution in [0.1, 0.15) is 26.3 Å². The summed E-state index contributed by atoms with van der Waals surface area (Å²) in [6.45, 7) is 5.65. The summed E-state index contributed by atoms with van der Waals surface area (Å²) in [5, 5.41) is 5.54. The van der Waals surface area contributed by atoms with E-state index in [0.717, 1.165) is 18.2 Å². The lowest BCUT2D eigenvalue weighted by Gasteiger charge is -2.21. The number of para-hydroxylation sites is 1. The van der Waals surface area contributed by atoms with E-state index in [9.17, 15) is 17.6 Å². The number of halogens is 4. The van der Waals surface area contributed by atoms with Gasteiger partial charge in [0.05, 0.1) is 22.6 Å². The smallest absolute Gasteiger partial charge is 0.350 e. The van der Waals surface area contributed by atoms with Crippen LogP contribution in [0, 0.1) is 5.82 Å². The van der Waals surface area contributed by atoms with Gasteiger partial charge in [0, 0.05) is 17.8 Å². The molecule has 5 nitrogen and oxygen atoms in total. The molecule has 2 aromatic heterocycles. The van der Waals surface area contributed by atoms with E-state index in [-0.39, 0.29) is 11.8 Å². The first-order valence-electron chi connectivity index (χ1n) is 8.74. The summed E-state index contributed by atoms with van der Waals surface area (Å²) in [7, 11) is 0. The Morgan fingerprint density at radius 3 is 2.28 bits per heavy atom. The minimum atomic E-state index is -4.73. The van der Waals surface area contributed by atoms with E-state index in [1.54, 1.807) is 24.4 Å². The van der Waals surface area contributed by atoms with Crippen LogP contribution in [0.15, 0.2) is 48.7 Å². The molecule has 0 atom stereocenters. The van der Waals surface area contributed by atoms with Gasteiger partial charge < -0.3 is 10.6 Å². The van der Waals surface area contributed by atoms with Crippen LogP contribution >= 0.6 is 0 Å². The molecule has 152 valence electrons. The first-order chi connectivity index (χ1) is 13.5. The van der Waals surface area contributed by atoms with Gasteiger partial charge in [0.15, 0.2) is 0 Å². The summed E-state index contributed by atoms with van der Waals surface area (Å²) in [4.78, 5) is 12.8. The molecule has 0 bridgehead atoms. The lowest BCUT2D eigenvalue weighted by Crippen LogP contribution is -2.27. The minimum Gasteiger partial charge on any atom is -0.350 e. The number of anilines is 3. The Kier molecular flexibility index (Phi) is 5.41. The van der Waals surface area contributed by atoms with Crippen LogP contribution in [-0.4, -0.2) is 20.5 Å². The predicted molar refractivity (Wildman–Crippen MR) is 103 cm³/mol. The van der Waals surface area contributed by atoms with Crippen molar-refractivity contribution in [1.29, 1.82) is 0 Å². The van der Waals surface area contributed by atoms with Crippen LogP contribution in [0.5, 0.6) is 0 Å². The molecule has 0 unspecified atom stereocenters. The van der Waals surface area contributed by atoms with Crippen LogP contribution in [0.25, 0.3) is 11.4 Å². The molecule has 0 aliphatic rings. The molecule has 2 N–H and O–H groups in total.